The highest BCUT2D eigenvalue weighted by atomic mass is 16.5. The van der Waals surface area contributed by atoms with Gasteiger partial charge >= 0.3 is 0 Å². The van der Waals surface area contributed by atoms with Gasteiger partial charge in [0.1, 0.15) is 5.75 Å². The molecule has 3 nitrogen and oxygen atoms in total. The number of ether oxygens (including phenoxy) is 1. The summed E-state index contributed by atoms with van der Waals surface area (Å²) >= 11 is 0. The molecule has 2 atom stereocenters. The number of aryl methyl sites for hydroxylation is 2. The van der Waals surface area contributed by atoms with Crippen molar-refractivity contribution in [1.29, 1.82) is 0 Å². The van der Waals surface area contributed by atoms with Gasteiger partial charge in [0.25, 0.3) is 0 Å². The molecule has 1 aromatic rings. The lowest BCUT2D eigenvalue weighted by Crippen LogP contribution is -2.48. The summed E-state index contributed by atoms with van der Waals surface area (Å²) in [6, 6.07) is 6.14. The second-order valence-electron chi connectivity index (χ2n) is 5.63. The molecule has 0 aliphatic rings. The Morgan fingerprint density at radius 2 is 2.00 bits per heavy atom. The Morgan fingerprint density at radius 3 is 2.53 bits per heavy atom. The molecule has 0 aromatic heterocycles. The van der Waals surface area contributed by atoms with Gasteiger partial charge in [-0.25, -0.2) is 0 Å². The van der Waals surface area contributed by atoms with E-state index in [1.165, 1.54) is 11.1 Å². The van der Waals surface area contributed by atoms with Crippen molar-refractivity contribution < 1.29 is 9.84 Å². The predicted molar refractivity (Wildman–Crippen MR) is 79.8 cm³/mol. The van der Waals surface area contributed by atoms with Crippen molar-refractivity contribution in [3.05, 3.63) is 29.3 Å². The van der Waals surface area contributed by atoms with Gasteiger partial charge in [-0.1, -0.05) is 13.0 Å². The molecule has 0 aliphatic heterocycles. The largest absolute Gasteiger partial charge is 0.491 e. The first-order chi connectivity index (χ1) is 8.90. The van der Waals surface area contributed by atoms with E-state index < -0.39 is 0 Å². The number of aliphatic hydroxyl groups excluding tert-OH is 1. The molecule has 3 heteroatoms. The molecule has 0 heterocycles. The van der Waals surface area contributed by atoms with Crippen molar-refractivity contribution in [3.63, 3.8) is 0 Å². The number of hydrogen-bond acceptors (Lipinski definition) is 3. The second-order valence-corrected chi connectivity index (χ2v) is 5.63. The van der Waals surface area contributed by atoms with Gasteiger partial charge in [-0.15, -0.1) is 0 Å². The summed E-state index contributed by atoms with van der Waals surface area (Å²) in [6.07, 6.45) is 0.822. The van der Waals surface area contributed by atoms with Crippen LogP contribution in [0.3, 0.4) is 0 Å². The monoisotopic (exact) mass is 265 g/mol. The molecule has 0 fully saturated rings. The van der Waals surface area contributed by atoms with Gasteiger partial charge in [0, 0.05) is 12.0 Å². The normalized spacial score (nSPS) is 15.9. The molecule has 0 amide bonds. The summed E-state index contributed by atoms with van der Waals surface area (Å²) < 4.78 is 5.94. The quantitative estimate of drug-likeness (QED) is 0.796. The molecular formula is C16H27NO2. The molecule has 0 spiro atoms. The molecule has 108 valence electrons. The van der Waals surface area contributed by atoms with Crippen molar-refractivity contribution in [1.82, 2.24) is 5.32 Å². The number of rotatable bonds is 7. The molecular weight excluding hydrogens is 238 g/mol. The number of nitrogens with one attached hydrogen (secondary N) is 1. The summed E-state index contributed by atoms with van der Waals surface area (Å²) in [7, 11) is 0. The Morgan fingerprint density at radius 1 is 1.32 bits per heavy atom. The van der Waals surface area contributed by atoms with Crippen molar-refractivity contribution in [2.24, 2.45) is 0 Å². The van der Waals surface area contributed by atoms with Gasteiger partial charge in [-0.2, -0.15) is 0 Å². The topological polar surface area (TPSA) is 41.5 Å². The zero-order valence-corrected chi connectivity index (χ0v) is 12.8. The maximum absolute atomic E-state index is 9.49. The van der Waals surface area contributed by atoms with Gasteiger partial charge in [-0.05, 0) is 57.5 Å². The first-order valence-corrected chi connectivity index (χ1v) is 7.00. The van der Waals surface area contributed by atoms with Gasteiger partial charge in [0.05, 0.1) is 12.7 Å². The summed E-state index contributed by atoms with van der Waals surface area (Å²) in [5.74, 6) is 0.896. The zero-order valence-electron chi connectivity index (χ0n) is 12.8. The van der Waals surface area contributed by atoms with E-state index in [1.54, 1.807) is 0 Å². The van der Waals surface area contributed by atoms with Crippen molar-refractivity contribution in [3.8, 4) is 5.75 Å². The average Bonchev–Trinajstić information content (AvgIpc) is 2.34. The molecule has 0 saturated heterocycles. The molecule has 2 unspecified atom stereocenters. The smallest absolute Gasteiger partial charge is 0.119 e. The predicted octanol–water partition coefficient (Wildman–Crippen LogP) is 2.82. The van der Waals surface area contributed by atoms with Crippen molar-refractivity contribution >= 4 is 0 Å². The lowest BCUT2D eigenvalue weighted by atomic mass is 9.95. The number of hydrogen-bond donors (Lipinski definition) is 2. The highest BCUT2D eigenvalue weighted by molar-refractivity contribution is 5.33. The highest BCUT2D eigenvalue weighted by Crippen LogP contribution is 2.21. The van der Waals surface area contributed by atoms with E-state index >= 15 is 0 Å². The summed E-state index contributed by atoms with van der Waals surface area (Å²) in [5.41, 5.74) is 2.22. The Kier molecular flexibility index (Phi) is 5.83. The molecule has 0 radical (unpaired) electrons. The van der Waals surface area contributed by atoms with Gasteiger partial charge in [0.15, 0.2) is 0 Å². The number of likely N-dealkylation sites (N-methyl/N-ethyl adjacent to an activating group) is 1. The van der Waals surface area contributed by atoms with Crippen LogP contribution in [0.1, 0.15) is 38.3 Å². The fourth-order valence-electron chi connectivity index (χ4n) is 2.32. The lowest BCUT2D eigenvalue weighted by Gasteiger charge is -2.31. The van der Waals surface area contributed by atoms with Crippen molar-refractivity contribution in [2.45, 2.75) is 52.7 Å². The lowest BCUT2D eigenvalue weighted by molar-refractivity contribution is 0.111. The van der Waals surface area contributed by atoms with Crippen LogP contribution in [0.4, 0.5) is 0 Å². The maximum atomic E-state index is 9.49. The summed E-state index contributed by atoms with van der Waals surface area (Å²) in [6.45, 7) is 11.2. The van der Waals surface area contributed by atoms with Crippen LogP contribution in [0.5, 0.6) is 5.75 Å². The van der Waals surface area contributed by atoms with E-state index in [9.17, 15) is 5.11 Å². The Hall–Kier alpha value is -1.06. The first-order valence-electron chi connectivity index (χ1n) is 7.00. The van der Waals surface area contributed by atoms with Gasteiger partial charge in [0.2, 0.25) is 0 Å². The SMILES string of the molecule is CCNC(C)(CO)CC(C)Oc1ccc(C)c(C)c1. The molecule has 1 aromatic carbocycles. The third kappa shape index (κ3) is 4.84. The maximum Gasteiger partial charge on any atom is 0.119 e. The fraction of sp³-hybridized carbons (Fsp3) is 0.625. The van der Waals surface area contributed by atoms with Crippen LogP contribution in [0, 0.1) is 13.8 Å². The van der Waals surface area contributed by atoms with Crippen LogP contribution < -0.4 is 10.1 Å². The fourth-order valence-corrected chi connectivity index (χ4v) is 2.32. The molecule has 0 aliphatic carbocycles. The van der Waals surface area contributed by atoms with Crippen LogP contribution in [-0.4, -0.2) is 29.9 Å². The van der Waals surface area contributed by atoms with Gasteiger partial charge < -0.3 is 15.2 Å². The van der Waals surface area contributed by atoms with Crippen molar-refractivity contribution in [2.75, 3.05) is 13.2 Å². The molecule has 1 rings (SSSR count). The molecule has 2 N–H and O–H groups in total. The molecule has 19 heavy (non-hydrogen) atoms. The Balaban J connectivity index is 2.63. The Labute approximate surface area is 117 Å². The standard InChI is InChI=1S/C16H27NO2/c1-6-17-16(5,11-18)10-14(4)19-15-8-7-12(2)13(3)9-15/h7-9,14,17-18H,6,10-11H2,1-5H3. The first kappa shape index (κ1) is 16.0. The van der Waals surface area contributed by atoms with Crippen LogP contribution in [0.25, 0.3) is 0 Å². The van der Waals surface area contributed by atoms with E-state index in [0.29, 0.717) is 0 Å². The highest BCUT2D eigenvalue weighted by Gasteiger charge is 2.25. The van der Waals surface area contributed by atoms with E-state index in [1.807, 2.05) is 26.8 Å². The zero-order chi connectivity index (χ0) is 14.5. The third-order valence-corrected chi connectivity index (χ3v) is 3.51. The van der Waals surface area contributed by atoms with Gasteiger partial charge in [-0.3, -0.25) is 0 Å². The summed E-state index contributed by atoms with van der Waals surface area (Å²) in [4.78, 5) is 0. The van der Waals surface area contributed by atoms with E-state index in [2.05, 4.69) is 31.3 Å². The van der Waals surface area contributed by atoms with E-state index in [-0.39, 0.29) is 18.2 Å². The van der Waals surface area contributed by atoms with E-state index in [0.717, 1.165) is 18.7 Å². The molecule has 0 bridgehead atoms. The van der Waals surface area contributed by atoms with E-state index in [4.69, 9.17) is 4.74 Å². The van der Waals surface area contributed by atoms with Crippen LogP contribution in [0.2, 0.25) is 0 Å². The summed E-state index contributed by atoms with van der Waals surface area (Å²) in [5, 5.41) is 12.8. The second kappa shape index (κ2) is 6.92. The third-order valence-electron chi connectivity index (χ3n) is 3.51. The average molecular weight is 265 g/mol. The van der Waals surface area contributed by atoms with Crippen LogP contribution in [0.15, 0.2) is 18.2 Å². The molecule has 0 saturated carbocycles. The minimum absolute atomic E-state index is 0.0540. The van der Waals surface area contributed by atoms with Crippen LogP contribution in [-0.2, 0) is 0 Å². The van der Waals surface area contributed by atoms with Crippen LogP contribution >= 0.6 is 0 Å². The minimum Gasteiger partial charge on any atom is -0.491 e. The number of aliphatic hydroxyl groups is 1. The number of benzene rings is 1. The Bertz CT molecular complexity index is 406. The minimum atomic E-state index is -0.284.